The van der Waals surface area contributed by atoms with Gasteiger partial charge in [0.05, 0.1) is 12.6 Å². The molecule has 1 heterocycles. The normalized spacial score (nSPS) is 17.5. The Labute approximate surface area is 126 Å². The highest BCUT2D eigenvalue weighted by Gasteiger charge is 2.24. The predicted octanol–water partition coefficient (Wildman–Crippen LogP) is 2.09. The van der Waals surface area contributed by atoms with Gasteiger partial charge in [0.25, 0.3) is 0 Å². The number of piperidine rings is 1. The molecular formula is C15H28N2O4. The fourth-order valence-corrected chi connectivity index (χ4v) is 2.77. The quantitative estimate of drug-likeness (QED) is 0.719. The summed E-state index contributed by atoms with van der Waals surface area (Å²) in [6.07, 6.45) is 4.64. The Morgan fingerprint density at radius 3 is 2.57 bits per heavy atom. The number of nitrogens with zero attached hydrogens (tertiary/aromatic N) is 1. The van der Waals surface area contributed by atoms with Gasteiger partial charge in [-0.15, -0.1) is 0 Å². The molecular weight excluding hydrogens is 272 g/mol. The van der Waals surface area contributed by atoms with Gasteiger partial charge in [0.1, 0.15) is 0 Å². The number of rotatable bonds is 8. The third-order valence-electron chi connectivity index (χ3n) is 4.00. The van der Waals surface area contributed by atoms with Crippen molar-refractivity contribution in [1.29, 1.82) is 0 Å². The molecule has 21 heavy (non-hydrogen) atoms. The van der Waals surface area contributed by atoms with E-state index in [1.54, 1.807) is 7.11 Å². The van der Waals surface area contributed by atoms with Crippen molar-refractivity contribution < 1.29 is 19.4 Å². The van der Waals surface area contributed by atoms with E-state index in [4.69, 9.17) is 9.84 Å². The number of amides is 2. The number of hydrogen-bond acceptors (Lipinski definition) is 3. The second-order valence-corrected chi connectivity index (χ2v) is 5.75. The molecule has 0 saturated carbocycles. The molecule has 0 aromatic carbocycles. The lowest BCUT2D eigenvalue weighted by Gasteiger charge is -2.33. The van der Waals surface area contributed by atoms with Crippen LogP contribution in [-0.2, 0) is 9.53 Å². The van der Waals surface area contributed by atoms with Crippen molar-refractivity contribution in [1.82, 2.24) is 10.2 Å². The Bertz CT molecular complexity index is 322. The third kappa shape index (κ3) is 6.80. The average Bonchev–Trinajstić information content (AvgIpc) is 2.46. The van der Waals surface area contributed by atoms with Crippen LogP contribution < -0.4 is 5.32 Å². The zero-order valence-electron chi connectivity index (χ0n) is 13.1. The molecule has 1 atom stereocenters. The van der Waals surface area contributed by atoms with Gasteiger partial charge in [0, 0.05) is 26.6 Å². The molecule has 6 nitrogen and oxygen atoms in total. The fraction of sp³-hybridized carbons (Fsp3) is 0.867. The first-order valence-corrected chi connectivity index (χ1v) is 7.83. The summed E-state index contributed by atoms with van der Waals surface area (Å²) < 4.78 is 5.13. The Hall–Kier alpha value is -1.30. The first-order chi connectivity index (χ1) is 10.1. The van der Waals surface area contributed by atoms with Crippen molar-refractivity contribution in [2.45, 2.75) is 51.5 Å². The summed E-state index contributed by atoms with van der Waals surface area (Å²) in [7, 11) is 1.64. The molecule has 6 heteroatoms. The number of urea groups is 1. The molecule has 0 aromatic rings. The number of carboxylic acids is 1. The van der Waals surface area contributed by atoms with Crippen LogP contribution in [-0.4, -0.2) is 54.9 Å². The number of hydrogen-bond donors (Lipinski definition) is 2. The summed E-state index contributed by atoms with van der Waals surface area (Å²) in [5.41, 5.74) is 0. The summed E-state index contributed by atoms with van der Waals surface area (Å²) in [5.74, 6) is -0.312. The smallest absolute Gasteiger partial charge is 0.317 e. The van der Waals surface area contributed by atoms with Gasteiger partial charge in [-0.2, -0.15) is 0 Å². The number of likely N-dealkylation sites (tertiary alicyclic amines) is 1. The number of aliphatic carboxylic acids is 1. The van der Waals surface area contributed by atoms with E-state index >= 15 is 0 Å². The summed E-state index contributed by atoms with van der Waals surface area (Å²) in [5, 5.41) is 11.7. The lowest BCUT2D eigenvalue weighted by Crippen LogP contribution is -2.49. The zero-order chi connectivity index (χ0) is 15.7. The van der Waals surface area contributed by atoms with Crippen molar-refractivity contribution in [3.8, 4) is 0 Å². The van der Waals surface area contributed by atoms with E-state index in [0.29, 0.717) is 32.0 Å². The second kappa shape index (κ2) is 9.60. The molecule has 0 spiro atoms. The Morgan fingerprint density at radius 1 is 1.38 bits per heavy atom. The van der Waals surface area contributed by atoms with Crippen LogP contribution in [0.4, 0.5) is 4.79 Å². The van der Waals surface area contributed by atoms with E-state index < -0.39 is 5.97 Å². The maximum absolute atomic E-state index is 12.2. The van der Waals surface area contributed by atoms with Crippen LogP contribution in [0, 0.1) is 5.92 Å². The van der Waals surface area contributed by atoms with Gasteiger partial charge >= 0.3 is 12.0 Å². The first-order valence-electron chi connectivity index (χ1n) is 7.83. The summed E-state index contributed by atoms with van der Waals surface area (Å²) in [4.78, 5) is 24.6. The molecule has 1 unspecified atom stereocenters. The second-order valence-electron chi connectivity index (χ2n) is 5.75. The fourth-order valence-electron chi connectivity index (χ4n) is 2.77. The van der Waals surface area contributed by atoms with E-state index in [1.807, 2.05) is 4.90 Å². The van der Waals surface area contributed by atoms with Crippen molar-refractivity contribution >= 4 is 12.0 Å². The van der Waals surface area contributed by atoms with E-state index in [-0.39, 0.29) is 18.5 Å². The van der Waals surface area contributed by atoms with Gasteiger partial charge in [0.15, 0.2) is 0 Å². The summed E-state index contributed by atoms with van der Waals surface area (Å²) >= 11 is 0. The highest BCUT2D eigenvalue weighted by Crippen LogP contribution is 2.21. The molecule has 0 radical (unpaired) electrons. The molecule has 0 bridgehead atoms. The number of carbonyl (C=O) groups excluding carboxylic acids is 1. The van der Waals surface area contributed by atoms with E-state index in [1.165, 1.54) is 0 Å². The lowest BCUT2D eigenvalue weighted by atomic mass is 9.92. The number of ether oxygens (including phenoxy) is 1. The molecule has 1 aliphatic rings. The van der Waals surface area contributed by atoms with Crippen LogP contribution in [0.2, 0.25) is 0 Å². The molecule has 0 aromatic heterocycles. The Balaban J connectivity index is 2.31. The van der Waals surface area contributed by atoms with Crippen LogP contribution in [0.15, 0.2) is 0 Å². The molecule has 2 N–H and O–H groups in total. The van der Waals surface area contributed by atoms with Crippen molar-refractivity contribution in [2.75, 3.05) is 26.8 Å². The topological polar surface area (TPSA) is 78.9 Å². The van der Waals surface area contributed by atoms with Crippen molar-refractivity contribution in [2.24, 2.45) is 5.92 Å². The minimum Gasteiger partial charge on any atom is -0.481 e. The first kappa shape index (κ1) is 17.8. The number of nitrogens with one attached hydrogen (secondary N) is 1. The van der Waals surface area contributed by atoms with Gasteiger partial charge in [-0.1, -0.05) is 13.3 Å². The van der Waals surface area contributed by atoms with E-state index in [9.17, 15) is 9.59 Å². The zero-order valence-corrected chi connectivity index (χ0v) is 13.1. The van der Waals surface area contributed by atoms with Gasteiger partial charge < -0.3 is 20.1 Å². The maximum Gasteiger partial charge on any atom is 0.317 e. The van der Waals surface area contributed by atoms with E-state index in [0.717, 1.165) is 25.7 Å². The number of carbonyl (C=O) groups is 2. The van der Waals surface area contributed by atoms with Gasteiger partial charge in [-0.25, -0.2) is 4.79 Å². The summed E-state index contributed by atoms with van der Waals surface area (Å²) in [6, 6.07) is 0.0411. The van der Waals surface area contributed by atoms with E-state index in [2.05, 4.69) is 12.2 Å². The van der Waals surface area contributed by atoms with Crippen LogP contribution in [0.3, 0.4) is 0 Å². The Morgan fingerprint density at radius 2 is 2.05 bits per heavy atom. The van der Waals surface area contributed by atoms with Crippen LogP contribution >= 0.6 is 0 Å². The third-order valence-corrected chi connectivity index (χ3v) is 4.00. The minimum atomic E-state index is -0.739. The minimum absolute atomic E-state index is 0.0258. The number of carboxylic acid groups (broad SMARTS) is 1. The SMILES string of the molecule is CCCC(COC)NC(=O)N1CCC(CCC(=O)O)CC1. The maximum atomic E-state index is 12.2. The Kier molecular flexibility index (Phi) is 8.12. The molecule has 1 fully saturated rings. The van der Waals surface area contributed by atoms with Crippen LogP contribution in [0.25, 0.3) is 0 Å². The van der Waals surface area contributed by atoms with Gasteiger partial charge in [-0.3, -0.25) is 4.79 Å². The summed E-state index contributed by atoms with van der Waals surface area (Å²) in [6.45, 7) is 4.04. The molecule has 1 rings (SSSR count). The average molecular weight is 300 g/mol. The highest BCUT2D eigenvalue weighted by atomic mass is 16.5. The standard InChI is InChI=1S/C15H28N2O4/c1-3-4-13(11-21-2)16-15(20)17-9-7-12(8-10-17)5-6-14(18)19/h12-13H,3-11H2,1-2H3,(H,16,20)(H,18,19). The van der Waals surface area contributed by atoms with Gasteiger partial charge in [-0.05, 0) is 31.6 Å². The molecule has 2 amide bonds. The highest BCUT2D eigenvalue weighted by molar-refractivity contribution is 5.74. The van der Waals surface area contributed by atoms with Crippen molar-refractivity contribution in [3.63, 3.8) is 0 Å². The largest absolute Gasteiger partial charge is 0.481 e. The molecule has 1 saturated heterocycles. The van der Waals surface area contributed by atoms with Crippen LogP contribution in [0.5, 0.6) is 0 Å². The predicted molar refractivity (Wildman–Crippen MR) is 80.3 cm³/mol. The number of methoxy groups -OCH3 is 1. The molecule has 122 valence electrons. The van der Waals surface area contributed by atoms with Crippen molar-refractivity contribution in [3.05, 3.63) is 0 Å². The van der Waals surface area contributed by atoms with Crippen LogP contribution in [0.1, 0.15) is 45.4 Å². The lowest BCUT2D eigenvalue weighted by molar-refractivity contribution is -0.137. The molecule has 1 aliphatic heterocycles. The van der Waals surface area contributed by atoms with Gasteiger partial charge in [0.2, 0.25) is 0 Å². The molecule has 0 aliphatic carbocycles. The monoisotopic (exact) mass is 300 g/mol.